The lowest BCUT2D eigenvalue weighted by atomic mass is 10.00. The average Bonchev–Trinajstić information content (AvgIpc) is 2.67. The Balaban J connectivity index is 2.06. The van der Waals surface area contributed by atoms with Crippen molar-refractivity contribution in [2.24, 2.45) is 5.16 Å². The van der Waals surface area contributed by atoms with Crippen molar-refractivity contribution in [2.45, 2.75) is 44.8 Å². The van der Waals surface area contributed by atoms with Crippen LogP contribution in [0.15, 0.2) is 5.16 Å². The molecule has 0 spiro atoms. The third-order valence-corrected chi connectivity index (χ3v) is 2.98. The van der Waals surface area contributed by atoms with E-state index in [-0.39, 0.29) is 11.6 Å². The highest BCUT2D eigenvalue weighted by Gasteiger charge is 2.38. The van der Waals surface area contributed by atoms with Gasteiger partial charge >= 0.3 is 0 Å². The van der Waals surface area contributed by atoms with Gasteiger partial charge in [-0.05, 0) is 37.9 Å². The predicted molar refractivity (Wildman–Crippen MR) is 54.2 cm³/mol. The lowest BCUT2D eigenvalue weighted by Crippen LogP contribution is -2.49. The molecule has 4 nitrogen and oxygen atoms in total. The summed E-state index contributed by atoms with van der Waals surface area (Å²) in [5.41, 5.74) is -0.103. The zero-order chi connectivity index (χ0) is 10.0. The van der Waals surface area contributed by atoms with E-state index in [1.165, 1.54) is 6.42 Å². The minimum atomic E-state index is -0.103. The molecule has 2 heterocycles. The summed E-state index contributed by atoms with van der Waals surface area (Å²) in [5.74, 6) is 0.730. The first-order valence-corrected chi connectivity index (χ1v) is 5.37. The predicted octanol–water partition coefficient (Wildman–Crippen LogP) is 1.27. The Bertz CT molecular complexity index is 234. The van der Waals surface area contributed by atoms with Crippen molar-refractivity contribution in [2.75, 3.05) is 13.2 Å². The average molecular weight is 198 g/mol. The second-order valence-corrected chi connectivity index (χ2v) is 4.20. The molecule has 14 heavy (non-hydrogen) atoms. The van der Waals surface area contributed by atoms with Crippen molar-refractivity contribution in [3.05, 3.63) is 0 Å². The van der Waals surface area contributed by atoms with Gasteiger partial charge < -0.3 is 14.9 Å². The molecule has 1 N–H and O–H groups in total. The topological polar surface area (TPSA) is 42.8 Å². The van der Waals surface area contributed by atoms with E-state index in [4.69, 9.17) is 9.57 Å². The third kappa shape index (κ3) is 1.71. The van der Waals surface area contributed by atoms with Crippen LogP contribution in [0.2, 0.25) is 0 Å². The molecular weight excluding hydrogens is 180 g/mol. The molecule has 2 aliphatic heterocycles. The summed E-state index contributed by atoms with van der Waals surface area (Å²) in [4.78, 5) is 5.19. The molecule has 0 aromatic carbocycles. The van der Waals surface area contributed by atoms with Crippen LogP contribution in [0.1, 0.15) is 33.1 Å². The van der Waals surface area contributed by atoms with Gasteiger partial charge in [-0.25, -0.2) is 0 Å². The molecule has 0 aliphatic carbocycles. The number of rotatable bonds is 2. The summed E-state index contributed by atoms with van der Waals surface area (Å²) in [6.07, 6.45) is 3.39. The second kappa shape index (κ2) is 3.77. The van der Waals surface area contributed by atoms with Gasteiger partial charge in [0, 0.05) is 0 Å². The lowest BCUT2D eigenvalue weighted by Gasteiger charge is -2.31. The molecular formula is C10H18N2O2. The van der Waals surface area contributed by atoms with Crippen molar-refractivity contribution in [1.29, 1.82) is 0 Å². The summed E-state index contributed by atoms with van der Waals surface area (Å²) < 4.78 is 5.78. The quantitative estimate of drug-likeness (QED) is 0.726. The molecule has 2 unspecified atom stereocenters. The highest BCUT2D eigenvalue weighted by Crippen LogP contribution is 2.24. The maximum atomic E-state index is 5.78. The number of hydrogen-bond donors (Lipinski definition) is 1. The molecule has 0 bridgehead atoms. The molecule has 0 amide bonds. The minimum absolute atomic E-state index is 0.103. The van der Waals surface area contributed by atoms with Crippen LogP contribution in [-0.2, 0) is 9.57 Å². The smallest absolute Gasteiger partial charge is 0.246 e. The molecule has 0 saturated carbocycles. The normalized spacial score (nSPS) is 37.3. The number of nitrogens with zero attached hydrogens (tertiary/aromatic N) is 1. The van der Waals surface area contributed by atoms with Crippen LogP contribution in [-0.4, -0.2) is 30.7 Å². The van der Waals surface area contributed by atoms with E-state index >= 15 is 0 Å². The zero-order valence-corrected chi connectivity index (χ0v) is 8.88. The molecule has 2 aliphatic rings. The first-order valence-electron chi connectivity index (χ1n) is 5.37. The Morgan fingerprint density at radius 3 is 3.14 bits per heavy atom. The summed E-state index contributed by atoms with van der Waals surface area (Å²) in [6, 6.07) is 0. The number of ether oxygens (including phenoxy) is 1. The first-order chi connectivity index (χ1) is 6.74. The van der Waals surface area contributed by atoms with Gasteiger partial charge in [-0.3, -0.25) is 0 Å². The number of oxime groups is 1. The number of hydrogen-bond acceptors (Lipinski definition) is 4. The fourth-order valence-electron chi connectivity index (χ4n) is 1.90. The van der Waals surface area contributed by atoms with Gasteiger partial charge in [0.15, 0.2) is 6.61 Å². The molecule has 80 valence electrons. The van der Waals surface area contributed by atoms with E-state index in [2.05, 4.69) is 24.3 Å². The minimum Gasteiger partial charge on any atom is -0.470 e. The Morgan fingerprint density at radius 2 is 2.50 bits per heavy atom. The summed E-state index contributed by atoms with van der Waals surface area (Å²) in [5, 5.41) is 7.42. The van der Waals surface area contributed by atoms with Gasteiger partial charge in [0.2, 0.25) is 5.90 Å². The van der Waals surface area contributed by atoms with E-state index in [1.54, 1.807) is 0 Å². The van der Waals surface area contributed by atoms with Gasteiger partial charge in [-0.1, -0.05) is 6.92 Å². The molecule has 2 atom stereocenters. The van der Waals surface area contributed by atoms with E-state index in [0.29, 0.717) is 6.61 Å². The molecule has 0 aromatic rings. The van der Waals surface area contributed by atoms with E-state index in [0.717, 1.165) is 25.3 Å². The number of nitrogens with one attached hydrogen (secondary N) is 1. The second-order valence-electron chi connectivity index (χ2n) is 4.20. The molecule has 4 heteroatoms. The van der Waals surface area contributed by atoms with Crippen molar-refractivity contribution in [3.8, 4) is 0 Å². The SMILES string of the molecule is CCC1CON=C(C2(C)CCCN2)O1. The van der Waals surface area contributed by atoms with Crippen LogP contribution in [0.3, 0.4) is 0 Å². The summed E-state index contributed by atoms with van der Waals surface area (Å²) >= 11 is 0. The molecule has 2 rings (SSSR count). The molecule has 0 radical (unpaired) electrons. The zero-order valence-electron chi connectivity index (χ0n) is 8.88. The lowest BCUT2D eigenvalue weighted by molar-refractivity contribution is -0.000683. The van der Waals surface area contributed by atoms with Crippen molar-refractivity contribution in [1.82, 2.24) is 5.32 Å². The van der Waals surface area contributed by atoms with Crippen LogP contribution in [0.25, 0.3) is 0 Å². The Labute approximate surface area is 84.6 Å². The summed E-state index contributed by atoms with van der Waals surface area (Å²) in [7, 11) is 0. The fourth-order valence-corrected chi connectivity index (χ4v) is 1.90. The van der Waals surface area contributed by atoms with Crippen molar-refractivity contribution < 1.29 is 9.57 Å². The maximum Gasteiger partial charge on any atom is 0.246 e. The van der Waals surface area contributed by atoms with Crippen molar-refractivity contribution in [3.63, 3.8) is 0 Å². The Hall–Kier alpha value is -0.770. The molecule has 1 fully saturated rings. The van der Waals surface area contributed by atoms with Gasteiger partial charge in [0.05, 0.1) is 5.54 Å². The monoisotopic (exact) mass is 198 g/mol. The fraction of sp³-hybridized carbons (Fsp3) is 0.900. The van der Waals surface area contributed by atoms with E-state index in [9.17, 15) is 0 Å². The molecule has 0 aromatic heterocycles. The van der Waals surface area contributed by atoms with Crippen LogP contribution in [0, 0.1) is 0 Å². The van der Waals surface area contributed by atoms with Crippen LogP contribution in [0.4, 0.5) is 0 Å². The van der Waals surface area contributed by atoms with Crippen molar-refractivity contribution >= 4 is 5.90 Å². The maximum absolute atomic E-state index is 5.78. The first kappa shape index (κ1) is 9.77. The highest BCUT2D eigenvalue weighted by molar-refractivity contribution is 5.86. The van der Waals surface area contributed by atoms with Gasteiger partial charge in [0.25, 0.3) is 0 Å². The van der Waals surface area contributed by atoms with E-state index in [1.807, 2.05) is 0 Å². The van der Waals surface area contributed by atoms with Crippen LogP contribution < -0.4 is 5.32 Å². The Morgan fingerprint density at radius 1 is 1.64 bits per heavy atom. The van der Waals surface area contributed by atoms with Gasteiger partial charge in [-0.2, -0.15) is 0 Å². The molecule has 1 saturated heterocycles. The third-order valence-electron chi connectivity index (χ3n) is 2.98. The van der Waals surface area contributed by atoms with Crippen LogP contribution >= 0.6 is 0 Å². The Kier molecular flexibility index (Phi) is 2.63. The van der Waals surface area contributed by atoms with E-state index < -0.39 is 0 Å². The largest absolute Gasteiger partial charge is 0.470 e. The van der Waals surface area contributed by atoms with Crippen LogP contribution in [0.5, 0.6) is 0 Å². The van der Waals surface area contributed by atoms with Gasteiger partial charge in [0.1, 0.15) is 6.10 Å². The van der Waals surface area contributed by atoms with Gasteiger partial charge in [-0.15, -0.1) is 0 Å². The summed E-state index contributed by atoms with van der Waals surface area (Å²) in [6.45, 7) is 5.84. The highest BCUT2D eigenvalue weighted by atomic mass is 16.7. The standard InChI is InChI=1S/C10H18N2O2/c1-3-8-7-13-12-9(14-8)10(2)5-4-6-11-10/h8,11H,3-7H2,1-2H3.